The molecule has 0 fully saturated rings. The predicted molar refractivity (Wildman–Crippen MR) is 186 cm³/mol. The monoisotopic (exact) mass is 775 g/mol. The van der Waals surface area contributed by atoms with Crippen LogP contribution in [-0.4, -0.2) is 77.0 Å². The van der Waals surface area contributed by atoms with Crippen molar-refractivity contribution in [1.29, 1.82) is 0 Å². The standard InChI is InChI=1S/C32H42IN9O6/c1-18(43)39-23(7-4-14-38-32(36)37)29(46)40-24(12-13-27(34)44)30(47)41-25(15-19-8-10-22(33)11-9-19)31(48)42-17-21-6-3-2-5-20(21)16-26(42)28(35)45/h2-3,5-6,8-11,23-26H,4,7,12-17H2,1H3,(H2,34,44)(H2,35,45)(H,39,43)(H,40,46)(H,41,47)(H4,36,37,38)/t23-,24-,25+,26+/m0/s1. The molecule has 15 nitrogen and oxygen atoms in total. The summed E-state index contributed by atoms with van der Waals surface area (Å²) in [6, 6.07) is 10.3. The summed E-state index contributed by atoms with van der Waals surface area (Å²) in [6.07, 6.45) is 0.314. The highest BCUT2D eigenvalue weighted by molar-refractivity contribution is 14.1. The molecule has 16 heteroatoms. The van der Waals surface area contributed by atoms with Gasteiger partial charge < -0.3 is 43.8 Å². The van der Waals surface area contributed by atoms with Gasteiger partial charge in [0.1, 0.15) is 24.2 Å². The topological polar surface area (TPSA) is 258 Å². The van der Waals surface area contributed by atoms with Crippen molar-refractivity contribution in [1.82, 2.24) is 20.9 Å². The molecule has 0 saturated heterocycles. The molecular formula is C32H42IN9O6. The van der Waals surface area contributed by atoms with E-state index in [-0.39, 0.29) is 51.2 Å². The van der Waals surface area contributed by atoms with Crippen LogP contribution in [0.3, 0.4) is 0 Å². The second kappa shape index (κ2) is 18.0. The van der Waals surface area contributed by atoms with E-state index in [1.165, 1.54) is 11.8 Å². The highest BCUT2D eigenvalue weighted by Gasteiger charge is 2.38. The van der Waals surface area contributed by atoms with Crippen LogP contribution in [0.25, 0.3) is 0 Å². The average molecular weight is 776 g/mol. The van der Waals surface area contributed by atoms with Crippen LogP contribution in [-0.2, 0) is 48.2 Å². The van der Waals surface area contributed by atoms with Crippen LogP contribution in [0.15, 0.2) is 53.5 Å². The Bertz CT molecular complexity index is 1530. The Morgan fingerprint density at radius 3 is 2.04 bits per heavy atom. The molecule has 4 atom stereocenters. The number of hydrogen-bond acceptors (Lipinski definition) is 7. The van der Waals surface area contributed by atoms with E-state index in [1.54, 1.807) is 0 Å². The first kappa shape index (κ1) is 37.7. The molecule has 0 aromatic heterocycles. The van der Waals surface area contributed by atoms with E-state index in [1.807, 2.05) is 48.5 Å². The third-order valence-electron chi connectivity index (χ3n) is 7.78. The SMILES string of the molecule is CC(=O)N[C@@H](CCCN=C(N)N)C(=O)N[C@@H](CCC(N)=O)C(=O)N[C@H](Cc1ccc(I)cc1)C(=O)N1Cc2ccccc2C[C@@H]1C(N)=O. The van der Waals surface area contributed by atoms with Crippen molar-refractivity contribution in [2.75, 3.05) is 6.54 Å². The third-order valence-corrected chi connectivity index (χ3v) is 8.50. The van der Waals surface area contributed by atoms with Gasteiger partial charge in [-0.1, -0.05) is 36.4 Å². The minimum atomic E-state index is -1.31. The van der Waals surface area contributed by atoms with Gasteiger partial charge >= 0.3 is 0 Å². The number of benzene rings is 2. The molecule has 6 amide bonds. The molecule has 0 unspecified atom stereocenters. The van der Waals surface area contributed by atoms with Crippen LogP contribution in [0.5, 0.6) is 0 Å². The van der Waals surface area contributed by atoms with Crippen molar-refractivity contribution in [3.05, 3.63) is 68.8 Å². The predicted octanol–water partition coefficient (Wildman–Crippen LogP) is -0.934. The Balaban J connectivity index is 1.90. The maximum absolute atomic E-state index is 14.2. The van der Waals surface area contributed by atoms with E-state index >= 15 is 0 Å². The zero-order valence-electron chi connectivity index (χ0n) is 26.6. The number of halogens is 1. The van der Waals surface area contributed by atoms with Crippen molar-refractivity contribution < 1.29 is 28.8 Å². The molecule has 1 aliphatic rings. The number of nitrogens with two attached hydrogens (primary N) is 4. The van der Waals surface area contributed by atoms with E-state index in [0.29, 0.717) is 6.42 Å². The number of carbonyl (C=O) groups excluding carboxylic acids is 6. The summed E-state index contributed by atoms with van der Waals surface area (Å²) >= 11 is 2.15. The molecular weight excluding hydrogens is 733 g/mol. The summed E-state index contributed by atoms with van der Waals surface area (Å²) in [5.74, 6) is -4.00. The summed E-state index contributed by atoms with van der Waals surface area (Å²) in [7, 11) is 0. The summed E-state index contributed by atoms with van der Waals surface area (Å²) in [5, 5.41) is 7.90. The average Bonchev–Trinajstić information content (AvgIpc) is 3.03. The second-order valence-corrected chi connectivity index (χ2v) is 12.8. The Morgan fingerprint density at radius 2 is 1.46 bits per heavy atom. The molecule has 2 aromatic rings. The van der Waals surface area contributed by atoms with Gasteiger partial charge in [-0.3, -0.25) is 33.8 Å². The molecule has 0 spiro atoms. The number of nitrogens with one attached hydrogen (secondary N) is 3. The number of guanidine groups is 1. The number of fused-ring (bicyclic) bond motifs is 1. The third kappa shape index (κ3) is 11.5. The molecule has 0 saturated carbocycles. The number of nitrogens with zero attached hydrogens (tertiary/aromatic N) is 2. The number of hydrogen-bond donors (Lipinski definition) is 7. The van der Waals surface area contributed by atoms with Crippen molar-refractivity contribution in [2.45, 2.75) is 76.2 Å². The lowest BCUT2D eigenvalue weighted by molar-refractivity contribution is -0.144. The van der Waals surface area contributed by atoms with E-state index < -0.39 is 59.6 Å². The van der Waals surface area contributed by atoms with Crippen LogP contribution < -0.4 is 38.9 Å². The molecule has 0 radical (unpaired) electrons. The van der Waals surface area contributed by atoms with Gasteiger partial charge in [-0.15, -0.1) is 0 Å². The maximum Gasteiger partial charge on any atom is 0.246 e. The lowest BCUT2D eigenvalue weighted by atomic mass is 9.92. The van der Waals surface area contributed by atoms with Crippen molar-refractivity contribution in [3.63, 3.8) is 0 Å². The lowest BCUT2D eigenvalue weighted by Gasteiger charge is -2.37. The Hall–Kier alpha value is -4.74. The van der Waals surface area contributed by atoms with Gasteiger partial charge in [0, 0.05) is 42.8 Å². The van der Waals surface area contributed by atoms with Crippen LogP contribution in [0.2, 0.25) is 0 Å². The van der Waals surface area contributed by atoms with Gasteiger partial charge in [-0.2, -0.15) is 0 Å². The first-order chi connectivity index (χ1) is 22.7. The molecule has 48 heavy (non-hydrogen) atoms. The fraction of sp³-hybridized carbons (Fsp3) is 0.406. The number of primary amides is 2. The van der Waals surface area contributed by atoms with Gasteiger partial charge in [-0.25, -0.2) is 0 Å². The molecule has 2 aromatic carbocycles. The molecule has 1 aliphatic heterocycles. The van der Waals surface area contributed by atoms with Crippen LogP contribution in [0, 0.1) is 3.57 Å². The highest BCUT2D eigenvalue weighted by Crippen LogP contribution is 2.25. The minimum Gasteiger partial charge on any atom is -0.370 e. The second-order valence-electron chi connectivity index (χ2n) is 11.5. The number of aliphatic imine (C=N–C) groups is 1. The van der Waals surface area contributed by atoms with Gasteiger partial charge in [0.05, 0.1) is 0 Å². The summed E-state index contributed by atoms with van der Waals surface area (Å²) in [5.41, 5.74) is 24.3. The fourth-order valence-electron chi connectivity index (χ4n) is 5.38. The van der Waals surface area contributed by atoms with Gasteiger partial charge in [0.25, 0.3) is 0 Å². The van der Waals surface area contributed by atoms with Crippen LogP contribution >= 0.6 is 22.6 Å². The van der Waals surface area contributed by atoms with Crippen LogP contribution in [0.1, 0.15) is 49.3 Å². The lowest BCUT2D eigenvalue weighted by Crippen LogP contribution is -2.60. The molecule has 0 bridgehead atoms. The van der Waals surface area contributed by atoms with E-state index in [4.69, 9.17) is 22.9 Å². The van der Waals surface area contributed by atoms with Gasteiger partial charge in [0.15, 0.2) is 5.96 Å². The number of rotatable bonds is 16. The van der Waals surface area contributed by atoms with E-state index in [9.17, 15) is 28.8 Å². The first-order valence-corrected chi connectivity index (χ1v) is 16.5. The van der Waals surface area contributed by atoms with Gasteiger partial charge in [0.2, 0.25) is 35.4 Å². The molecule has 3 rings (SSSR count). The molecule has 0 aliphatic carbocycles. The summed E-state index contributed by atoms with van der Waals surface area (Å²) in [4.78, 5) is 82.8. The van der Waals surface area contributed by atoms with Crippen molar-refractivity contribution in [2.24, 2.45) is 27.9 Å². The highest BCUT2D eigenvalue weighted by atomic mass is 127. The Labute approximate surface area is 292 Å². The summed E-state index contributed by atoms with van der Waals surface area (Å²) in [6.45, 7) is 1.54. The van der Waals surface area contributed by atoms with E-state index in [2.05, 4.69) is 43.5 Å². The summed E-state index contributed by atoms with van der Waals surface area (Å²) < 4.78 is 0.964. The maximum atomic E-state index is 14.2. The smallest absolute Gasteiger partial charge is 0.246 e. The van der Waals surface area contributed by atoms with Crippen molar-refractivity contribution >= 4 is 64.0 Å². The zero-order valence-corrected chi connectivity index (χ0v) is 28.8. The quantitative estimate of drug-likeness (QED) is 0.0484. The molecule has 258 valence electrons. The molecule has 11 N–H and O–H groups in total. The largest absolute Gasteiger partial charge is 0.370 e. The number of amides is 6. The number of carbonyl (C=O) groups is 6. The van der Waals surface area contributed by atoms with Crippen molar-refractivity contribution in [3.8, 4) is 0 Å². The normalized spacial score (nSPS) is 15.5. The minimum absolute atomic E-state index is 0.0565. The first-order valence-electron chi connectivity index (χ1n) is 15.4. The Morgan fingerprint density at radius 1 is 0.854 bits per heavy atom. The zero-order chi connectivity index (χ0) is 35.4. The Kier molecular flexibility index (Phi) is 14.1. The van der Waals surface area contributed by atoms with Crippen LogP contribution in [0.4, 0.5) is 0 Å². The molecule has 1 heterocycles. The van der Waals surface area contributed by atoms with E-state index in [0.717, 1.165) is 20.3 Å². The fourth-order valence-corrected chi connectivity index (χ4v) is 5.74. The van der Waals surface area contributed by atoms with Gasteiger partial charge in [-0.05, 0) is 70.7 Å².